The predicted octanol–water partition coefficient (Wildman–Crippen LogP) is -4.89. The van der Waals surface area contributed by atoms with E-state index in [1.807, 2.05) is 0 Å². The molecule has 3 N–H and O–H groups in total. The van der Waals surface area contributed by atoms with Crippen LogP contribution in [0.4, 0.5) is 0 Å². The third-order valence-corrected chi connectivity index (χ3v) is 2.57. The number of hydrogen-bond donors (Lipinski definition) is 2. The van der Waals surface area contributed by atoms with Crippen molar-refractivity contribution in [2.24, 2.45) is 5.73 Å². The molecule has 0 spiro atoms. The third-order valence-electron chi connectivity index (χ3n) is 1.65. The zero-order chi connectivity index (χ0) is 11.9. The first-order valence-electron chi connectivity index (χ1n) is 4.51. The zero-order valence-corrected chi connectivity index (χ0v) is 13.6. The van der Waals surface area contributed by atoms with Crippen molar-refractivity contribution in [2.75, 3.05) is 33.4 Å². The maximum absolute atomic E-state index is 10.4. The van der Waals surface area contributed by atoms with E-state index in [2.05, 4.69) is 0 Å². The van der Waals surface area contributed by atoms with E-state index < -0.39 is 16.4 Å². The summed E-state index contributed by atoms with van der Waals surface area (Å²) in [6.45, 7) is 0.612. The first-order chi connectivity index (χ1) is 6.88. The minimum atomic E-state index is -4.49. The molecule has 0 aliphatic carbocycles. The molecule has 0 radical (unpaired) electrons. The van der Waals surface area contributed by atoms with Crippen LogP contribution in [0, 0.1) is 0 Å². The summed E-state index contributed by atoms with van der Waals surface area (Å²) in [6, 6.07) is 0. The van der Waals surface area contributed by atoms with Crippen molar-refractivity contribution in [1.82, 2.24) is 4.31 Å². The Labute approximate surface area is 139 Å². The molecule has 0 rings (SSSR count). The van der Waals surface area contributed by atoms with Crippen molar-refractivity contribution in [3.8, 4) is 0 Å². The molecule has 0 heterocycles. The van der Waals surface area contributed by atoms with Crippen molar-refractivity contribution in [2.45, 2.75) is 12.5 Å². The van der Waals surface area contributed by atoms with Gasteiger partial charge < -0.3 is 20.1 Å². The topological polar surface area (TPSA) is 116 Å². The summed E-state index contributed by atoms with van der Waals surface area (Å²) in [5.74, 6) is 0. The molecule has 92 valence electrons. The molecule has 0 saturated heterocycles. The van der Waals surface area contributed by atoms with E-state index in [0.29, 0.717) is 23.9 Å². The number of likely N-dealkylation sites (N-methyl/N-ethyl adjacent to an activating group) is 1. The van der Waals surface area contributed by atoms with Gasteiger partial charge in [0.25, 0.3) is 0 Å². The van der Waals surface area contributed by atoms with Gasteiger partial charge in [0.2, 0.25) is 0 Å². The van der Waals surface area contributed by atoms with E-state index in [9.17, 15) is 18.1 Å². The molecule has 0 aromatic heterocycles. The average Bonchev–Trinajstić information content (AvgIpc) is 2.11. The second-order valence-electron chi connectivity index (χ2n) is 3.11. The molecule has 0 aromatic carbocycles. The molecule has 7 nitrogen and oxygen atoms in total. The molecule has 1 unspecified atom stereocenters. The van der Waals surface area contributed by atoms with E-state index in [1.165, 1.54) is 0 Å². The molecule has 0 amide bonds. The van der Waals surface area contributed by atoms with Gasteiger partial charge in [0.1, 0.15) is 0 Å². The smallest absolute Gasteiger partial charge is 0.735 e. The van der Waals surface area contributed by atoms with Crippen LogP contribution in [-0.2, 0) is 15.0 Å². The zero-order valence-electron chi connectivity index (χ0n) is 9.63. The monoisotopic (exact) mass is 280 g/mol. The summed E-state index contributed by atoms with van der Waals surface area (Å²) in [4.78, 5) is 0. The number of aliphatic hydroxyl groups is 1. The van der Waals surface area contributed by atoms with Crippen molar-refractivity contribution in [3.63, 3.8) is 0 Å². The van der Waals surface area contributed by atoms with Crippen LogP contribution in [0.15, 0.2) is 0 Å². The second kappa shape index (κ2) is 10.3. The Kier molecular flexibility index (Phi) is 12.7. The standard InChI is InChI=1S/C7H18N2O5S.K/c1-9(15(11,12)13)5-7(10)6-14-4-2-3-8;/h7,10H,2-6,8H2,1H3,(H,11,12,13);/q;+1/p-1. The van der Waals surface area contributed by atoms with Crippen LogP contribution in [0.2, 0.25) is 0 Å². The molecule has 0 saturated carbocycles. The number of nitrogens with two attached hydrogens (primary N) is 1. The van der Waals surface area contributed by atoms with E-state index in [-0.39, 0.29) is 64.5 Å². The van der Waals surface area contributed by atoms with Gasteiger partial charge in [-0.05, 0) is 13.0 Å². The maximum atomic E-state index is 10.4. The Hall–Kier alpha value is 1.39. The largest absolute Gasteiger partial charge is 1.00 e. The summed E-state index contributed by atoms with van der Waals surface area (Å²) in [5.41, 5.74) is 5.21. The number of rotatable bonds is 8. The number of aliphatic hydroxyl groups excluding tert-OH is 1. The van der Waals surface area contributed by atoms with E-state index in [4.69, 9.17) is 10.5 Å². The molecular weight excluding hydrogens is 263 g/mol. The van der Waals surface area contributed by atoms with Gasteiger partial charge in [0, 0.05) is 20.2 Å². The van der Waals surface area contributed by atoms with Crippen LogP contribution >= 0.6 is 0 Å². The van der Waals surface area contributed by atoms with Gasteiger partial charge in [0.15, 0.2) is 10.3 Å². The molecule has 16 heavy (non-hydrogen) atoms. The molecule has 9 heteroatoms. The van der Waals surface area contributed by atoms with E-state index in [0.717, 1.165) is 7.05 Å². The predicted molar refractivity (Wildman–Crippen MR) is 52.8 cm³/mol. The molecule has 1 atom stereocenters. The van der Waals surface area contributed by atoms with Crippen LogP contribution < -0.4 is 57.1 Å². The van der Waals surface area contributed by atoms with Crippen molar-refractivity contribution < 1.29 is 74.2 Å². The van der Waals surface area contributed by atoms with Gasteiger partial charge in [-0.2, -0.15) is 0 Å². The Morgan fingerprint density at radius 3 is 2.56 bits per heavy atom. The fourth-order valence-corrected chi connectivity index (χ4v) is 1.20. The number of nitrogens with zero attached hydrogens (tertiary/aromatic N) is 1. The van der Waals surface area contributed by atoms with E-state index in [1.54, 1.807) is 0 Å². The van der Waals surface area contributed by atoms with Crippen molar-refractivity contribution in [3.05, 3.63) is 0 Å². The van der Waals surface area contributed by atoms with Crippen LogP contribution in [-0.4, -0.2) is 61.8 Å². The minimum absolute atomic E-state index is 0. The molecule has 0 aliphatic rings. The fraction of sp³-hybridized carbons (Fsp3) is 1.00. The Morgan fingerprint density at radius 2 is 2.12 bits per heavy atom. The molecule has 0 bridgehead atoms. The summed E-state index contributed by atoms with van der Waals surface area (Å²) >= 11 is 0. The first kappa shape index (κ1) is 19.7. The van der Waals surface area contributed by atoms with Crippen molar-refractivity contribution in [1.29, 1.82) is 0 Å². The minimum Gasteiger partial charge on any atom is -0.735 e. The van der Waals surface area contributed by atoms with E-state index >= 15 is 0 Å². The van der Waals surface area contributed by atoms with Gasteiger partial charge in [0.05, 0.1) is 12.7 Å². The summed E-state index contributed by atoms with van der Waals surface area (Å²) in [6.07, 6.45) is -0.334. The first-order valence-corrected chi connectivity index (χ1v) is 5.87. The summed E-state index contributed by atoms with van der Waals surface area (Å²) < 4.78 is 36.9. The fourth-order valence-electron chi connectivity index (χ4n) is 0.846. The molecular formula is C7H17KN2O5S. The van der Waals surface area contributed by atoms with Crippen LogP contribution in [0.3, 0.4) is 0 Å². The average molecular weight is 280 g/mol. The Morgan fingerprint density at radius 1 is 1.56 bits per heavy atom. The third kappa shape index (κ3) is 10.5. The quantitative estimate of drug-likeness (QED) is 0.262. The SMILES string of the molecule is CN(CC(O)COCCCN)S(=O)(=O)[O-].[K+]. The van der Waals surface area contributed by atoms with Gasteiger partial charge in [-0.3, -0.25) is 0 Å². The molecule has 0 fully saturated rings. The Balaban J connectivity index is 0. The van der Waals surface area contributed by atoms with Gasteiger partial charge in [-0.1, -0.05) is 0 Å². The number of ether oxygens (including phenoxy) is 1. The van der Waals surface area contributed by atoms with Gasteiger partial charge in [-0.15, -0.1) is 0 Å². The van der Waals surface area contributed by atoms with Crippen LogP contribution in [0.5, 0.6) is 0 Å². The van der Waals surface area contributed by atoms with Crippen LogP contribution in [0.25, 0.3) is 0 Å². The van der Waals surface area contributed by atoms with Gasteiger partial charge in [-0.25, -0.2) is 12.7 Å². The van der Waals surface area contributed by atoms with Crippen LogP contribution in [0.1, 0.15) is 6.42 Å². The second-order valence-corrected chi connectivity index (χ2v) is 4.59. The Bertz CT molecular complexity index is 262. The maximum Gasteiger partial charge on any atom is 1.00 e. The number of hydrogen-bond acceptors (Lipinski definition) is 6. The van der Waals surface area contributed by atoms with Crippen molar-refractivity contribution >= 4 is 10.3 Å². The molecule has 0 aliphatic heterocycles. The molecule has 0 aromatic rings. The summed E-state index contributed by atoms with van der Waals surface area (Å²) in [7, 11) is -3.38. The normalized spacial score (nSPS) is 13.6. The summed E-state index contributed by atoms with van der Waals surface area (Å²) in [5, 5.41) is 9.28. The van der Waals surface area contributed by atoms with Gasteiger partial charge >= 0.3 is 51.4 Å².